The fraction of sp³-hybridized carbons (Fsp3) is 0.333. The summed E-state index contributed by atoms with van der Waals surface area (Å²) in [5, 5.41) is 12.8. The van der Waals surface area contributed by atoms with Crippen molar-refractivity contribution in [2.45, 2.75) is 32.4 Å². The van der Waals surface area contributed by atoms with Crippen LogP contribution in [0.3, 0.4) is 0 Å². The van der Waals surface area contributed by atoms with Crippen molar-refractivity contribution in [3.8, 4) is 0 Å². The molecule has 0 spiro atoms. The van der Waals surface area contributed by atoms with Gasteiger partial charge in [-0.2, -0.15) is 0 Å². The van der Waals surface area contributed by atoms with Gasteiger partial charge in [0.15, 0.2) is 5.82 Å². The first kappa shape index (κ1) is 17.0. The van der Waals surface area contributed by atoms with E-state index in [0.717, 1.165) is 42.2 Å². The predicted molar refractivity (Wildman–Crippen MR) is 98.7 cm³/mol. The number of aromatic nitrogens is 4. The van der Waals surface area contributed by atoms with Crippen molar-refractivity contribution in [3.63, 3.8) is 0 Å². The van der Waals surface area contributed by atoms with E-state index >= 15 is 0 Å². The maximum atomic E-state index is 13.1. The Kier molecular flexibility index (Phi) is 4.85. The van der Waals surface area contributed by atoms with E-state index in [9.17, 15) is 4.39 Å². The van der Waals surface area contributed by atoms with Crippen molar-refractivity contribution in [2.24, 2.45) is 0 Å². The second-order valence-corrected chi connectivity index (χ2v) is 7.52. The van der Waals surface area contributed by atoms with E-state index in [-0.39, 0.29) is 11.9 Å². The zero-order valence-corrected chi connectivity index (χ0v) is 15.2. The lowest BCUT2D eigenvalue weighted by atomic mass is 10.1. The molecule has 1 saturated heterocycles. The third kappa shape index (κ3) is 3.86. The van der Waals surface area contributed by atoms with Crippen molar-refractivity contribution in [1.29, 1.82) is 0 Å². The Morgan fingerprint density at radius 2 is 2.08 bits per heavy atom. The monoisotopic (exact) mass is 370 g/mol. The summed E-state index contributed by atoms with van der Waals surface area (Å²) in [5.41, 5.74) is 2.04. The summed E-state index contributed by atoms with van der Waals surface area (Å²) in [7, 11) is 0. The third-order valence-corrected chi connectivity index (χ3v) is 5.17. The number of likely N-dealkylation sites (tertiary alicyclic amines) is 1. The zero-order chi connectivity index (χ0) is 17.9. The molecule has 0 amide bonds. The van der Waals surface area contributed by atoms with Crippen molar-refractivity contribution in [3.05, 3.63) is 58.7 Å². The average molecular weight is 370 g/mol. The van der Waals surface area contributed by atoms with Crippen LogP contribution in [0.4, 0.5) is 15.3 Å². The molecule has 3 aromatic rings. The molecule has 1 atom stereocenters. The van der Waals surface area contributed by atoms with Crippen LogP contribution in [0.5, 0.6) is 0 Å². The first-order valence-electron chi connectivity index (χ1n) is 8.55. The fourth-order valence-electron chi connectivity index (χ4n) is 3.23. The van der Waals surface area contributed by atoms with E-state index in [2.05, 4.69) is 25.4 Å². The highest BCUT2D eigenvalue weighted by Crippen LogP contribution is 2.32. The lowest BCUT2D eigenvalue weighted by Crippen LogP contribution is -2.23. The summed E-state index contributed by atoms with van der Waals surface area (Å²) >= 11 is 1.48. The van der Waals surface area contributed by atoms with Gasteiger partial charge in [-0.1, -0.05) is 23.5 Å². The topological polar surface area (TPSA) is 66.8 Å². The summed E-state index contributed by atoms with van der Waals surface area (Å²) in [6.07, 6.45) is 5.67. The molecular weight excluding hydrogens is 351 g/mol. The number of halogens is 1. The van der Waals surface area contributed by atoms with Gasteiger partial charge in [0.2, 0.25) is 5.13 Å². The van der Waals surface area contributed by atoms with E-state index in [4.69, 9.17) is 4.98 Å². The maximum Gasteiger partial charge on any atom is 0.211 e. The van der Waals surface area contributed by atoms with Crippen molar-refractivity contribution in [2.75, 3.05) is 11.9 Å². The Hall–Kier alpha value is -2.45. The summed E-state index contributed by atoms with van der Waals surface area (Å²) in [6, 6.07) is 6.91. The van der Waals surface area contributed by atoms with Crippen LogP contribution in [0.1, 0.15) is 35.1 Å². The molecule has 3 heterocycles. The van der Waals surface area contributed by atoms with Crippen LogP contribution in [-0.4, -0.2) is 31.6 Å². The molecule has 6 nitrogen and oxygen atoms in total. The summed E-state index contributed by atoms with van der Waals surface area (Å²) in [6.45, 7) is 3.69. The SMILES string of the molecule is Cc1nnc(Nc2cncc(C3CCCN3Cc3ccc(F)cc3)n2)s1. The lowest BCUT2D eigenvalue weighted by Gasteiger charge is -2.24. The number of rotatable bonds is 5. The van der Waals surface area contributed by atoms with E-state index in [1.165, 1.54) is 23.5 Å². The smallest absolute Gasteiger partial charge is 0.211 e. The Morgan fingerprint density at radius 3 is 2.85 bits per heavy atom. The molecule has 1 aromatic carbocycles. The molecule has 0 radical (unpaired) electrons. The van der Waals surface area contributed by atoms with Crippen LogP contribution in [0.15, 0.2) is 36.7 Å². The number of aryl methyl sites for hydroxylation is 1. The number of hydrogen-bond donors (Lipinski definition) is 1. The number of benzene rings is 1. The van der Waals surface area contributed by atoms with Gasteiger partial charge in [-0.25, -0.2) is 9.37 Å². The van der Waals surface area contributed by atoms with Gasteiger partial charge in [-0.05, 0) is 44.0 Å². The molecule has 1 fully saturated rings. The normalized spacial score (nSPS) is 17.5. The van der Waals surface area contributed by atoms with Gasteiger partial charge in [0.05, 0.1) is 24.1 Å². The summed E-state index contributed by atoms with van der Waals surface area (Å²) in [4.78, 5) is 11.4. The quantitative estimate of drug-likeness (QED) is 0.736. The number of anilines is 2. The van der Waals surface area contributed by atoms with Gasteiger partial charge in [-0.15, -0.1) is 10.2 Å². The van der Waals surface area contributed by atoms with Crippen molar-refractivity contribution < 1.29 is 4.39 Å². The molecular formula is C18H19FN6S. The van der Waals surface area contributed by atoms with Gasteiger partial charge in [0.1, 0.15) is 10.8 Å². The Balaban J connectivity index is 1.50. The number of nitrogens with one attached hydrogen (secondary N) is 1. The predicted octanol–water partition coefficient (Wildman–Crippen LogP) is 3.86. The Bertz CT molecular complexity index is 881. The second-order valence-electron chi connectivity index (χ2n) is 6.34. The van der Waals surface area contributed by atoms with E-state index in [0.29, 0.717) is 10.9 Å². The maximum absolute atomic E-state index is 13.1. The first-order chi connectivity index (χ1) is 12.7. The molecule has 0 aliphatic carbocycles. The molecule has 8 heteroatoms. The highest BCUT2D eigenvalue weighted by atomic mass is 32.1. The van der Waals surface area contributed by atoms with E-state index in [1.54, 1.807) is 6.20 Å². The number of nitrogens with zero attached hydrogens (tertiary/aromatic N) is 5. The molecule has 4 rings (SSSR count). The molecule has 1 N–H and O–H groups in total. The van der Waals surface area contributed by atoms with E-state index in [1.807, 2.05) is 25.3 Å². The molecule has 1 aliphatic heterocycles. The van der Waals surface area contributed by atoms with Gasteiger partial charge in [0, 0.05) is 6.54 Å². The van der Waals surface area contributed by atoms with Crippen LogP contribution >= 0.6 is 11.3 Å². The van der Waals surface area contributed by atoms with Crippen LogP contribution in [0.2, 0.25) is 0 Å². The van der Waals surface area contributed by atoms with Crippen molar-refractivity contribution >= 4 is 22.3 Å². The summed E-state index contributed by atoms with van der Waals surface area (Å²) in [5.74, 6) is 0.468. The molecule has 0 saturated carbocycles. The Morgan fingerprint density at radius 1 is 1.23 bits per heavy atom. The minimum absolute atomic E-state index is 0.205. The fourth-order valence-corrected chi connectivity index (χ4v) is 3.83. The lowest BCUT2D eigenvalue weighted by molar-refractivity contribution is 0.244. The molecule has 2 aromatic heterocycles. The highest BCUT2D eigenvalue weighted by molar-refractivity contribution is 7.15. The van der Waals surface area contributed by atoms with Gasteiger partial charge < -0.3 is 5.32 Å². The molecule has 1 unspecified atom stereocenters. The zero-order valence-electron chi connectivity index (χ0n) is 14.4. The molecule has 0 bridgehead atoms. The highest BCUT2D eigenvalue weighted by Gasteiger charge is 2.27. The minimum Gasteiger partial charge on any atom is -0.313 e. The number of hydrogen-bond acceptors (Lipinski definition) is 7. The Labute approximate surface area is 155 Å². The minimum atomic E-state index is -0.205. The van der Waals surface area contributed by atoms with Crippen LogP contribution in [0, 0.1) is 12.7 Å². The van der Waals surface area contributed by atoms with Crippen molar-refractivity contribution in [1.82, 2.24) is 25.1 Å². The average Bonchev–Trinajstić information content (AvgIpc) is 3.26. The molecule has 1 aliphatic rings. The van der Waals surface area contributed by atoms with E-state index < -0.39 is 0 Å². The van der Waals surface area contributed by atoms with Crippen LogP contribution < -0.4 is 5.32 Å². The molecule has 26 heavy (non-hydrogen) atoms. The molecule has 134 valence electrons. The van der Waals surface area contributed by atoms with Gasteiger partial charge in [-0.3, -0.25) is 9.88 Å². The largest absolute Gasteiger partial charge is 0.313 e. The van der Waals surface area contributed by atoms with Gasteiger partial charge >= 0.3 is 0 Å². The first-order valence-corrected chi connectivity index (χ1v) is 9.36. The third-order valence-electron chi connectivity index (χ3n) is 4.42. The summed E-state index contributed by atoms with van der Waals surface area (Å²) < 4.78 is 13.1. The van der Waals surface area contributed by atoms with Gasteiger partial charge in [0.25, 0.3) is 0 Å². The second kappa shape index (κ2) is 7.43. The standard InChI is InChI=1S/C18H19FN6S/c1-12-23-24-18(26-12)22-17-10-20-9-15(21-17)16-3-2-8-25(16)11-13-4-6-14(19)7-5-13/h4-7,9-10,16H,2-3,8,11H2,1H3,(H,21,22,24). The van der Waals surface area contributed by atoms with Crippen LogP contribution in [-0.2, 0) is 6.54 Å². The van der Waals surface area contributed by atoms with Crippen LogP contribution in [0.25, 0.3) is 0 Å².